The largest absolute Gasteiger partial charge is 0.437 e. The molecular formula is C9H8F4N2O2. The quantitative estimate of drug-likeness (QED) is 0.660. The SMILES string of the molecule is NC(=O)N(OC(F)(F)C(F)F)c1ccccc1. The fourth-order valence-electron chi connectivity index (χ4n) is 0.950. The maximum absolute atomic E-state index is 12.6. The van der Waals surface area contributed by atoms with E-state index < -0.39 is 18.6 Å². The second-order valence-electron chi connectivity index (χ2n) is 2.92. The smallest absolute Gasteiger partial charge is 0.349 e. The number of nitrogens with zero attached hydrogens (tertiary/aromatic N) is 1. The van der Waals surface area contributed by atoms with E-state index in [0.29, 0.717) is 0 Å². The van der Waals surface area contributed by atoms with Crippen LogP contribution in [-0.4, -0.2) is 18.6 Å². The first-order valence-electron chi connectivity index (χ1n) is 4.34. The summed E-state index contributed by atoms with van der Waals surface area (Å²) in [5.41, 5.74) is 4.58. The van der Waals surface area contributed by atoms with Crippen molar-refractivity contribution in [3.8, 4) is 0 Å². The van der Waals surface area contributed by atoms with Crippen LogP contribution < -0.4 is 10.8 Å². The monoisotopic (exact) mass is 252 g/mol. The molecule has 1 rings (SSSR count). The summed E-state index contributed by atoms with van der Waals surface area (Å²) in [6.45, 7) is 0. The van der Waals surface area contributed by atoms with Crippen LogP contribution in [0.4, 0.5) is 28.0 Å². The summed E-state index contributed by atoms with van der Waals surface area (Å²) >= 11 is 0. The van der Waals surface area contributed by atoms with Crippen molar-refractivity contribution in [2.24, 2.45) is 5.73 Å². The van der Waals surface area contributed by atoms with Crippen molar-refractivity contribution in [2.75, 3.05) is 5.06 Å². The zero-order valence-electron chi connectivity index (χ0n) is 8.32. The van der Waals surface area contributed by atoms with Crippen molar-refractivity contribution >= 4 is 11.7 Å². The number of amides is 2. The van der Waals surface area contributed by atoms with Crippen LogP contribution in [0.15, 0.2) is 30.3 Å². The lowest BCUT2D eigenvalue weighted by Crippen LogP contribution is -2.44. The lowest BCUT2D eigenvalue weighted by Gasteiger charge is -2.24. The van der Waals surface area contributed by atoms with Crippen LogP contribution in [0, 0.1) is 0 Å². The molecule has 94 valence electrons. The van der Waals surface area contributed by atoms with E-state index in [1.54, 1.807) is 0 Å². The van der Waals surface area contributed by atoms with Gasteiger partial charge in [-0.3, -0.25) is 0 Å². The minimum absolute atomic E-state index is 0.0911. The number of hydrogen-bond acceptors (Lipinski definition) is 2. The van der Waals surface area contributed by atoms with Gasteiger partial charge in [0.25, 0.3) is 0 Å². The van der Waals surface area contributed by atoms with Gasteiger partial charge in [0.05, 0.1) is 5.69 Å². The van der Waals surface area contributed by atoms with E-state index in [9.17, 15) is 22.4 Å². The molecule has 0 aliphatic carbocycles. The maximum Gasteiger partial charge on any atom is 0.437 e. The third kappa shape index (κ3) is 3.31. The summed E-state index contributed by atoms with van der Waals surface area (Å²) in [6.07, 6.45) is -8.88. The molecule has 0 aromatic heterocycles. The molecule has 0 atom stereocenters. The molecule has 0 aliphatic heterocycles. The lowest BCUT2D eigenvalue weighted by atomic mass is 10.3. The molecule has 2 N–H and O–H groups in total. The van der Waals surface area contributed by atoms with Gasteiger partial charge >= 0.3 is 18.6 Å². The molecule has 0 aliphatic rings. The summed E-state index contributed by atoms with van der Waals surface area (Å²) in [5, 5.41) is -0.0911. The molecule has 0 saturated carbocycles. The van der Waals surface area contributed by atoms with Gasteiger partial charge in [-0.1, -0.05) is 18.2 Å². The molecule has 0 spiro atoms. The Morgan fingerprint density at radius 3 is 2.24 bits per heavy atom. The Balaban J connectivity index is 2.93. The topological polar surface area (TPSA) is 55.6 Å². The van der Waals surface area contributed by atoms with Gasteiger partial charge in [-0.25, -0.2) is 13.6 Å². The second kappa shape index (κ2) is 5.00. The van der Waals surface area contributed by atoms with Gasteiger partial charge in [-0.15, -0.1) is 0 Å². The first-order chi connectivity index (χ1) is 7.84. The standard InChI is InChI=1S/C9H8F4N2O2/c10-7(11)9(12,13)17-15(8(14)16)6-4-2-1-3-5-6/h1-5,7H,(H2,14,16). The summed E-state index contributed by atoms with van der Waals surface area (Å²) in [7, 11) is 0. The molecule has 17 heavy (non-hydrogen) atoms. The van der Waals surface area contributed by atoms with Gasteiger partial charge in [0.15, 0.2) is 0 Å². The number of carbonyl (C=O) groups is 1. The van der Waals surface area contributed by atoms with Crippen LogP contribution in [-0.2, 0) is 4.84 Å². The predicted molar refractivity (Wildman–Crippen MR) is 50.5 cm³/mol. The third-order valence-electron chi connectivity index (χ3n) is 1.66. The van der Waals surface area contributed by atoms with Crippen LogP contribution in [0.2, 0.25) is 0 Å². The number of alkyl halides is 4. The van der Waals surface area contributed by atoms with Crippen LogP contribution >= 0.6 is 0 Å². The Bertz CT molecular complexity index is 386. The number of nitrogens with two attached hydrogens (primary N) is 1. The van der Waals surface area contributed by atoms with Crippen molar-refractivity contribution in [2.45, 2.75) is 12.5 Å². The molecule has 2 amide bonds. The van der Waals surface area contributed by atoms with E-state index in [1.807, 2.05) is 0 Å². The van der Waals surface area contributed by atoms with E-state index >= 15 is 0 Å². The number of hydroxylamine groups is 1. The normalized spacial score (nSPS) is 11.6. The predicted octanol–water partition coefficient (Wildman–Crippen LogP) is 2.36. The van der Waals surface area contributed by atoms with Crippen LogP contribution in [0.3, 0.4) is 0 Å². The van der Waals surface area contributed by atoms with Gasteiger partial charge in [-0.2, -0.15) is 18.7 Å². The highest BCUT2D eigenvalue weighted by atomic mass is 19.3. The zero-order valence-corrected chi connectivity index (χ0v) is 8.32. The highest BCUT2D eigenvalue weighted by Gasteiger charge is 2.46. The Kier molecular flexibility index (Phi) is 3.89. The van der Waals surface area contributed by atoms with Gasteiger partial charge in [0.1, 0.15) is 0 Å². The van der Waals surface area contributed by atoms with Crippen LogP contribution in [0.5, 0.6) is 0 Å². The number of urea groups is 1. The molecule has 0 fully saturated rings. The van der Waals surface area contributed by atoms with E-state index in [2.05, 4.69) is 4.84 Å². The van der Waals surface area contributed by atoms with Crippen molar-refractivity contribution in [1.82, 2.24) is 0 Å². The minimum atomic E-state index is -4.80. The molecule has 0 saturated heterocycles. The Labute approximate surface area is 93.5 Å². The second-order valence-corrected chi connectivity index (χ2v) is 2.92. The molecule has 4 nitrogen and oxygen atoms in total. The average molecular weight is 252 g/mol. The molecule has 8 heteroatoms. The summed E-state index contributed by atoms with van der Waals surface area (Å²) in [4.78, 5) is 14.5. The molecule has 1 aromatic carbocycles. The van der Waals surface area contributed by atoms with Gasteiger partial charge in [0.2, 0.25) is 0 Å². The van der Waals surface area contributed by atoms with Crippen molar-refractivity contribution in [1.29, 1.82) is 0 Å². The fraction of sp³-hybridized carbons (Fsp3) is 0.222. The Morgan fingerprint density at radius 2 is 1.82 bits per heavy atom. The van der Waals surface area contributed by atoms with Crippen molar-refractivity contribution in [3.63, 3.8) is 0 Å². The van der Waals surface area contributed by atoms with Crippen LogP contribution in [0.1, 0.15) is 0 Å². The molecule has 1 aromatic rings. The summed E-state index contributed by atoms with van der Waals surface area (Å²) < 4.78 is 49.0. The summed E-state index contributed by atoms with van der Waals surface area (Å²) in [6, 6.07) is 5.30. The van der Waals surface area contributed by atoms with Gasteiger partial charge in [0, 0.05) is 0 Å². The molecule has 0 radical (unpaired) electrons. The van der Waals surface area contributed by atoms with E-state index in [-0.39, 0.29) is 10.8 Å². The lowest BCUT2D eigenvalue weighted by molar-refractivity contribution is -0.300. The highest BCUT2D eigenvalue weighted by Crippen LogP contribution is 2.27. The van der Waals surface area contributed by atoms with E-state index in [1.165, 1.54) is 30.3 Å². The van der Waals surface area contributed by atoms with Crippen molar-refractivity contribution in [3.05, 3.63) is 30.3 Å². The average Bonchev–Trinajstić information content (AvgIpc) is 2.26. The molecule has 0 bridgehead atoms. The maximum atomic E-state index is 12.6. The fourth-order valence-corrected chi connectivity index (χ4v) is 0.950. The zero-order chi connectivity index (χ0) is 13.1. The van der Waals surface area contributed by atoms with E-state index in [4.69, 9.17) is 5.73 Å². The Morgan fingerprint density at radius 1 is 1.29 bits per heavy atom. The number of halogens is 4. The van der Waals surface area contributed by atoms with Gasteiger partial charge < -0.3 is 5.73 Å². The van der Waals surface area contributed by atoms with Crippen LogP contribution in [0.25, 0.3) is 0 Å². The number of primary amides is 1. The highest BCUT2D eigenvalue weighted by molar-refractivity contribution is 5.88. The van der Waals surface area contributed by atoms with Gasteiger partial charge in [-0.05, 0) is 12.1 Å². The minimum Gasteiger partial charge on any atom is -0.349 e. The number of hydrogen-bond donors (Lipinski definition) is 1. The first-order valence-corrected chi connectivity index (χ1v) is 4.34. The Hall–Kier alpha value is -1.83. The van der Waals surface area contributed by atoms with Crippen molar-refractivity contribution < 1.29 is 27.2 Å². The molecular weight excluding hydrogens is 244 g/mol. The number of rotatable bonds is 4. The number of anilines is 1. The number of benzene rings is 1. The third-order valence-corrected chi connectivity index (χ3v) is 1.66. The number of para-hydroxylation sites is 1. The molecule has 0 heterocycles. The summed E-state index contributed by atoms with van der Waals surface area (Å²) in [5.74, 6) is 0. The first kappa shape index (κ1) is 13.2. The molecule has 0 unspecified atom stereocenters. The van der Waals surface area contributed by atoms with E-state index in [0.717, 1.165) is 0 Å². The number of carbonyl (C=O) groups excluding carboxylic acids is 1.